The minimum absolute atomic E-state index is 0.678. The molecule has 1 fully saturated rings. The van der Waals surface area contributed by atoms with Crippen LogP contribution in [0.1, 0.15) is 25.5 Å². The van der Waals surface area contributed by atoms with Crippen molar-refractivity contribution in [3.8, 4) is 0 Å². The van der Waals surface area contributed by atoms with Crippen LogP contribution in [0.4, 0.5) is 0 Å². The van der Waals surface area contributed by atoms with Gasteiger partial charge in [-0.1, -0.05) is 6.92 Å². The fourth-order valence-electron chi connectivity index (χ4n) is 1.90. The maximum atomic E-state index is 5.36. The fourth-order valence-corrected chi connectivity index (χ4v) is 2.15. The Balaban J connectivity index is 1.75. The molecule has 4 heteroatoms. The molecule has 88 valence electrons. The smallest absolute Gasteiger partial charge is 0.169 e. The van der Waals surface area contributed by atoms with Crippen molar-refractivity contribution in [3.05, 3.63) is 24.2 Å². The van der Waals surface area contributed by atoms with Crippen LogP contribution in [0, 0.1) is 5.92 Å². The highest BCUT2D eigenvalue weighted by molar-refractivity contribution is 7.80. The van der Waals surface area contributed by atoms with Crippen LogP contribution in [-0.2, 0) is 6.54 Å². The van der Waals surface area contributed by atoms with Crippen molar-refractivity contribution in [1.29, 1.82) is 0 Å². The molecule has 1 aliphatic rings. The predicted octanol–water partition coefficient (Wildman–Crippen LogP) is 2.39. The molecule has 0 aliphatic carbocycles. The van der Waals surface area contributed by atoms with Crippen molar-refractivity contribution in [2.75, 3.05) is 13.1 Å². The zero-order valence-electron chi connectivity index (χ0n) is 9.61. The van der Waals surface area contributed by atoms with Gasteiger partial charge >= 0.3 is 0 Å². The first-order chi connectivity index (χ1) is 7.75. The Morgan fingerprint density at radius 2 is 2.31 bits per heavy atom. The molecule has 0 saturated carbocycles. The van der Waals surface area contributed by atoms with E-state index in [0.29, 0.717) is 6.54 Å². The van der Waals surface area contributed by atoms with Gasteiger partial charge in [0.25, 0.3) is 0 Å². The number of likely N-dealkylation sites (tertiary alicyclic amines) is 1. The number of hydrogen-bond donors (Lipinski definition) is 1. The quantitative estimate of drug-likeness (QED) is 0.801. The van der Waals surface area contributed by atoms with Gasteiger partial charge in [0.05, 0.1) is 12.8 Å². The molecule has 0 atom stereocenters. The van der Waals surface area contributed by atoms with Gasteiger partial charge < -0.3 is 14.6 Å². The van der Waals surface area contributed by atoms with E-state index in [1.165, 1.54) is 12.8 Å². The molecule has 1 aliphatic heterocycles. The summed E-state index contributed by atoms with van der Waals surface area (Å²) in [6, 6.07) is 3.84. The summed E-state index contributed by atoms with van der Waals surface area (Å²) >= 11 is 5.36. The molecular formula is C12H18N2OS. The van der Waals surface area contributed by atoms with E-state index in [4.69, 9.17) is 16.6 Å². The third-order valence-corrected chi connectivity index (χ3v) is 3.47. The standard InChI is InChI=1S/C12H18N2OS/c1-10-4-6-14(7-5-10)12(16)13-9-11-3-2-8-15-11/h2-3,8,10H,4-7,9H2,1H3,(H,13,16). The summed E-state index contributed by atoms with van der Waals surface area (Å²) < 4.78 is 5.25. The van der Waals surface area contributed by atoms with E-state index >= 15 is 0 Å². The van der Waals surface area contributed by atoms with E-state index in [1.807, 2.05) is 12.1 Å². The van der Waals surface area contributed by atoms with E-state index < -0.39 is 0 Å². The second kappa shape index (κ2) is 5.34. The van der Waals surface area contributed by atoms with Crippen LogP contribution in [0.2, 0.25) is 0 Å². The lowest BCUT2D eigenvalue weighted by Crippen LogP contribution is -2.43. The van der Waals surface area contributed by atoms with Crippen molar-refractivity contribution in [2.45, 2.75) is 26.3 Å². The van der Waals surface area contributed by atoms with Gasteiger partial charge in [0.1, 0.15) is 5.76 Å². The number of thiocarbonyl (C=S) groups is 1. The summed E-state index contributed by atoms with van der Waals surface area (Å²) in [7, 11) is 0. The Morgan fingerprint density at radius 1 is 1.56 bits per heavy atom. The Labute approximate surface area is 102 Å². The molecule has 0 amide bonds. The molecule has 0 radical (unpaired) electrons. The van der Waals surface area contributed by atoms with Gasteiger partial charge in [-0.3, -0.25) is 0 Å². The van der Waals surface area contributed by atoms with Crippen molar-refractivity contribution < 1.29 is 4.42 Å². The van der Waals surface area contributed by atoms with Crippen LogP contribution in [0.25, 0.3) is 0 Å². The van der Waals surface area contributed by atoms with E-state index in [2.05, 4.69) is 17.1 Å². The maximum absolute atomic E-state index is 5.36. The number of hydrogen-bond acceptors (Lipinski definition) is 2. The van der Waals surface area contributed by atoms with E-state index in [1.54, 1.807) is 6.26 Å². The van der Waals surface area contributed by atoms with Gasteiger partial charge in [0, 0.05) is 13.1 Å². The average Bonchev–Trinajstić information content (AvgIpc) is 2.80. The number of nitrogens with zero attached hydrogens (tertiary/aromatic N) is 1. The average molecular weight is 238 g/mol. The molecule has 1 saturated heterocycles. The molecular weight excluding hydrogens is 220 g/mol. The summed E-state index contributed by atoms with van der Waals surface area (Å²) in [6.07, 6.45) is 4.16. The molecule has 0 aromatic carbocycles. The Morgan fingerprint density at radius 3 is 2.94 bits per heavy atom. The molecule has 3 nitrogen and oxygen atoms in total. The van der Waals surface area contributed by atoms with Crippen LogP contribution in [0.3, 0.4) is 0 Å². The molecule has 2 heterocycles. The zero-order chi connectivity index (χ0) is 11.4. The van der Waals surface area contributed by atoms with Crippen LogP contribution in [0.15, 0.2) is 22.8 Å². The first-order valence-corrected chi connectivity index (χ1v) is 6.21. The molecule has 0 bridgehead atoms. The number of piperidine rings is 1. The lowest BCUT2D eigenvalue weighted by atomic mass is 10.00. The van der Waals surface area contributed by atoms with E-state index in [9.17, 15) is 0 Å². The van der Waals surface area contributed by atoms with Crippen molar-refractivity contribution in [1.82, 2.24) is 10.2 Å². The first kappa shape index (κ1) is 11.5. The molecule has 16 heavy (non-hydrogen) atoms. The molecule has 1 aromatic rings. The lowest BCUT2D eigenvalue weighted by molar-refractivity contribution is 0.277. The second-order valence-corrected chi connectivity index (χ2v) is 4.79. The highest BCUT2D eigenvalue weighted by Gasteiger charge is 2.17. The fraction of sp³-hybridized carbons (Fsp3) is 0.583. The van der Waals surface area contributed by atoms with Crippen LogP contribution in [0.5, 0.6) is 0 Å². The van der Waals surface area contributed by atoms with E-state index in [-0.39, 0.29) is 0 Å². The minimum Gasteiger partial charge on any atom is -0.467 e. The van der Waals surface area contributed by atoms with Gasteiger partial charge in [0.2, 0.25) is 0 Å². The number of nitrogens with one attached hydrogen (secondary N) is 1. The normalized spacial score (nSPS) is 17.4. The highest BCUT2D eigenvalue weighted by atomic mass is 32.1. The largest absolute Gasteiger partial charge is 0.467 e. The lowest BCUT2D eigenvalue weighted by Gasteiger charge is -2.32. The highest BCUT2D eigenvalue weighted by Crippen LogP contribution is 2.15. The minimum atomic E-state index is 0.678. The zero-order valence-corrected chi connectivity index (χ0v) is 10.4. The second-order valence-electron chi connectivity index (χ2n) is 4.41. The van der Waals surface area contributed by atoms with Crippen LogP contribution >= 0.6 is 12.2 Å². The van der Waals surface area contributed by atoms with Gasteiger partial charge in [-0.05, 0) is 43.1 Å². The SMILES string of the molecule is CC1CCN(C(=S)NCc2ccco2)CC1. The monoisotopic (exact) mass is 238 g/mol. The molecule has 0 spiro atoms. The maximum Gasteiger partial charge on any atom is 0.169 e. The third kappa shape index (κ3) is 2.98. The van der Waals surface area contributed by atoms with Crippen LogP contribution in [-0.4, -0.2) is 23.1 Å². The summed E-state index contributed by atoms with van der Waals surface area (Å²) in [6.45, 7) is 5.13. The topological polar surface area (TPSA) is 28.4 Å². The molecule has 2 rings (SSSR count). The van der Waals surface area contributed by atoms with Gasteiger partial charge in [0.15, 0.2) is 5.11 Å². The van der Waals surface area contributed by atoms with Crippen LogP contribution < -0.4 is 5.32 Å². The number of furan rings is 1. The third-order valence-electron chi connectivity index (χ3n) is 3.06. The van der Waals surface area contributed by atoms with Gasteiger partial charge in [-0.15, -0.1) is 0 Å². The Bertz CT molecular complexity index is 329. The predicted molar refractivity (Wildman–Crippen MR) is 68.1 cm³/mol. The Kier molecular flexibility index (Phi) is 3.83. The first-order valence-electron chi connectivity index (χ1n) is 5.81. The Hall–Kier alpha value is -1.03. The van der Waals surface area contributed by atoms with Crippen molar-refractivity contribution >= 4 is 17.3 Å². The summed E-state index contributed by atoms with van der Waals surface area (Å²) in [4.78, 5) is 2.25. The van der Waals surface area contributed by atoms with Gasteiger partial charge in [-0.25, -0.2) is 0 Å². The molecule has 0 unspecified atom stereocenters. The molecule has 1 N–H and O–H groups in total. The summed E-state index contributed by atoms with van der Waals surface area (Å²) in [5, 5.41) is 4.08. The summed E-state index contributed by atoms with van der Waals surface area (Å²) in [5.74, 6) is 1.76. The van der Waals surface area contributed by atoms with Crippen molar-refractivity contribution in [3.63, 3.8) is 0 Å². The van der Waals surface area contributed by atoms with Crippen molar-refractivity contribution in [2.24, 2.45) is 5.92 Å². The molecule has 1 aromatic heterocycles. The van der Waals surface area contributed by atoms with E-state index in [0.717, 1.165) is 29.9 Å². The van der Waals surface area contributed by atoms with Gasteiger partial charge in [-0.2, -0.15) is 0 Å². The summed E-state index contributed by atoms with van der Waals surface area (Å²) in [5.41, 5.74) is 0. The number of rotatable bonds is 2.